The van der Waals surface area contributed by atoms with Gasteiger partial charge in [-0.15, -0.1) is 0 Å². The molecule has 0 radical (unpaired) electrons. The first-order valence-corrected chi connectivity index (χ1v) is 8.25. The largest absolute Gasteiger partial charge is 0.465 e. The lowest BCUT2D eigenvalue weighted by Crippen LogP contribution is -2.04. The molecule has 0 fully saturated rings. The molecule has 0 saturated heterocycles. The molecule has 2 aromatic carbocycles. The van der Waals surface area contributed by atoms with E-state index in [1.807, 2.05) is 31.2 Å². The SMILES string of the molecule is COC(=O)c1ccc(Cl)c(Nc2nccc(Nc3ccccc3C)n2)c1. The predicted molar refractivity (Wildman–Crippen MR) is 103 cm³/mol. The molecule has 0 atom stereocenters. The van der Waals surface area contributed by atoms with Crippen LogP contribution in [0.25, 0.3) is 0 Å². The summed E-state index contributed by atoms with van der Waals surface area (Å²) in [5, 5.41) is 6.73. The van der Waals surface area contributed by atoms with E-state index >= 15 is 0 Å². The van der Waals surface area contributed by atoms with Gasteiger partial charge in [-0.2, -0.15) is 4.98 Å². The number of carbonyl (C=O) groups excluding carboxylic acids is 1. The summed E-state index contributed by atoms with van der Waals surface area (Å²) >= 11 is 6.20. The average Bonchev–Trinajstić information content (AvgIpc) is 2.65. The van der Waals surface area contributed by atoms with E-state index in [1.165, 1.54) is 7.11 Å². The maximum atomic E-state index is 11.7. The first kappa shape index (κ1) is 17.7. The Hall–Kier alpha value is -3.12. The standard InChI is InChI=1S/C19H17ClN4O2/c1-12-5-3-4-6-15(12)22-17-9-10-21-19(24-17)23-16-11-13(18(25)26-2)7-8-14(16)20/h3-11H,1-2H3,(H2,21,22,23,24). The molecule has 1 heterocycles. The highest BCUT2D eigenvalue weighted by Crippen LogP contribution is 2.26. The van der Waals surface area contributed by atoms with Crippen LogP contribution in [0.5, 0.6) is 0 Å². The van der Waals surface area contributed by atoms with E-state index in [-0.39, 0.29) is 0 Å². The molecule has 0 saturated carbocycles. The van der Waals surface area contributed by atoms with E-state index in [4.69, 9.17) is 16.3 Å². The summed E-state index contributed by atoms with van der Waals surface area (Å²) in [5.41, 5.74) is 2.97. The zero-order valence-electron chi connectivity index (χ0n) is 14.3. The van der Waals surface area contributed by atoms with Crippen molar-refractivity contribution in [3.63, 3.8) is 0 Å². The van der Waals surface area contributed by atoms with Crippen molar-refractivity contribution in [3.8, 4) is 0 Å². The normalized spacial score (nSPS) is 10.3. The number of anilines is 4. The van der Waals surface area contributed by atoms with Gasteiger partial charge in [0.1, 0.15) is 5.82 Å². The maximum absolute atomic E-state index is 11.7. The van der Waals surface area contributed by atoms with E-state index < -0.39 is 5.97 Å². The fraction of sp³-hybridized carbons (Fsp3) is 0.105. The Morgan fingerprint density at radius 3 is 2.65 bits per heavy atom. The summed E-state index contributed by atoms with van der Waals surface area (Å²) in [6, 6.07) is 14.5. The van der Waals surface area contributed by atoms with Crippen molar-refractivity contribution in [1.82, 2.24) is 9.97 Å². The van der Waals surface area contributed by atoms with Gasteiger partial charge in [-0.1, -0.05) is 29.8 Å². The Kier molecular flexibility index (Phi) is 5.34. The number of nitrogens with zero attached hydrogens (tertiary/aromatic N) is 2. The molecule has 0 spiro atoms. The summed E-state index contributed by atoms with van der Waals surface area (Å²) < 4.78 is 4.73. The molecule has 6 nitrogen and oxygen atoms in total. The van der Waals surface area contributed by atoms with E-state index in [9.17, 15) is 4.79 Å². The Balaban J connectivity index is 1.83. The number of aryl methyl sites for hydroxylation is 1. The van der Waals surface area contributed by atoms with Gasteiger partial charge >= 0.3 is 5.97 Å². The second kappa shape index (κ2) is 7.84. The average molecular weight is 369 g/mol. The molecule has 3 aromatic rings. The van der Waals surface area contributed by atoms with Crippen LogP contribution in [-0.2, 0) is 4.74 Å². The number of aromatic nitrogens is 2. The Labute approximate surface area is 156 Å². The molecule has 132 valence electrons. The summed E-state index contributed by atoms with van der Waals surface area (Å²) in [4.78, 5) is 20.3. The lowest BCUT2D eigenvalue weighted by atomic mass is 10.2. The zero-order chi connectivity index (χ0) is 18.5. The summed E-state index contributed by atoms with van der Waals surface area (Å²) in [6.07, 6.45) is 1.63. The summed E-state index contributed by atoms with van der Waals surface area (Å²) in [6.45, 7) is 2.01. The summed E-state index contributed by atoms with van der Waals surface area (Å²) in [7, 11) is 1.33. The third kappa shape index (κ3) is 4.10. The Morgan fingerprint density at radius 1 is 1.08 bits per heavy atom. The van der Waals surface area contributed by atoms with Crippen molar-refractivity contribution in [2.75, 3.05) is 17.7 Å². The third-order valence-electron chi connectivity index (χ3n) is 3.70. The van der Waals surface area contributed by atoms with Crippen LogP contribution in [0.4, 0.5) is 23.1 Å². The molecule has 0 aliphatic heterocycles. The molecule has 0 bridgehead atoms. The fourth-order valence-electron chi connectivity index (χ4n) is 2.33. The number of nitrogens with one attached hydrogen (secondary N) is 2. The molecule has 26 heavy (non-hydrogen) atoms. The van der Waals surface area contributed by atoms with Gasteiger partial charge in [0.05, 0.1) is 23.4 Å². The third-order valence-corrected chi connectivity index (χ3v) is 4.03. The number of carbonyl (C=O) groups is 1. The van der Waals surface area contributed by atoms with Gasteiger partial charge in [0.15, 0.2) is 0 Å². The van der Waals surface area contributed by atoms with Gasteiger partial charge in [-0.05, 0) is 42.8 Å². The first-order chi connectivity index (χ1) is 12.6. The second-order valence-corrected chi connectivity index (χ2v) is 5.92. The minimum absolute atomic E-state index is 0.354. The van der Waals surface area contributed by atoms with Crippen LogP contribution >= 0.6 is 11.6 Å². The van der Waals surface area contributed by atoms with Crippen molar-refractivity contribution in [1.29, 1.82) is 0 Å². The molecule has 1 aromatic heterocycles. The number of benzene rings is 2. The van der Waals surface area contributed by atoms with Crippen LogP contribution in [0.3, 0.4) is 0 Å². The van der Waals surface area contributed by atoms with Crippen molar-refractivity contribution in [3.05, 3.63) is 70.9 Å². The van der Waals surface area contributed by atoms with Crippen molar-refractivity contribution >= 4 is 40.7 Å². The van der Waals surface area contributed by atoms with Crippen molar-refractivity contribution in [2.45, 2.75) is 6.92 Å². The van der Waals surface area contributed by atoms with Crippen LogP contribution in [0, 0.1) is 6.92 Å². The number of hydrogen-bond acceptors (Lipinski definition) is 6. The second-order valence-electron chi connectivity index (χ2n) is 5.52. The van der Waals surface area contributed by atoms with Gasteiger partial charge in [-0.3, -0.25) is 0 Å². The molecule has 3 rings (SSSR count). The molecule has 0 unspecified atom stereocenters. The quantitative estimate of drug-likeness (QED) is 0.635. The molecule has 0 aliphatic rings. The first-order valence-electron chi connectivity index (χ1n) is 7.87. The van der Waals surface area contributed by atoms with Gasteiger partial charge in [0.25, 0.3) is 0 Å². The van der Waals surface area contributed by atoms with Crippen LogP contribution in [-0.4, -0.2) is 23.0 Å². The number of esters is 1. The van der Waals surface area contributed by atoms with E-state index in [1.54, 1.807) is 30.5 Å². The molecule has 0 amide bonds. The number of hydrogen-bond donors (Lipinski definition) is 2. The Morgan fingerprint density at radius 2 is 1.88 bits per heavy atom. The number of ether oxygens (including phenoxy) is 1. The smallest absolute Gasteiger partial charge is 0.337 e. The number of para-hydroxylation sites is 1. The fourth-order valence-corrected chi connectivity index (χ4v) is 2.49. The Bertz CT molecular complexity index is 946. The molecular formula is C19H17ClN4O2. The van der Waals surface area contributed by atoms with Gasteiger partial charge in [0, 0.05) is 11.9 Å². The van der Waals surface area contributed by atoms with Gasteiger partial charge in [0.2, 0.25) is 5.95 Å². The minimum atomic E-state index is -0.444. The lowest BCUT2D eigenvalue weighted by Gasteiger charge is -2.11. The topological polar surface area (TPSA) is 76.1 Å². The van der Waals surface area contributed by atoms with E-state index in [0.717, 1.165) is 11.3 Å². The van der Waals surface area contributed by atoms with Gasteiger partial charge in [-0.25, -0.2) is 9.78 Å². The monoisotopic (exact) mass is 368 g/mol. The number of rotatable bonds is 5. The van der Waals surface area contributed by atoms with Crippen LogP contribution in [0.15, 0.2) is 54.7 Å². The lowest BCUT2D eigenvalue weighted by molar-refractivity contribution is 0.0601. The summed E-state index contributed by atoms with van der Waals surface area (Å²) in [5.74, 6) is 0.546. The van der Waals surface area contributed by atoms with Crippen molar-refractivity contribution in [2.24, 2.45) is 0 Å². The molecular weight excluding hydrogens is 352 g/mol. The van der Waals surface area contributed by atoms with Crippen molar-refractivity contribution < 1.29 is 9.53 Å². The van der Waals surface area contributed by atoms with E-state index in [2.05, 4.69) is 20.6 Å². The predicted octanol–water partition coefficient (Wildman–Crippen LogP) is 4.71. The highest BCUT2D eigenvalue weighted by atomic mass is 35.5. The van der Waals surface area contributed by atoms with Crippen LogP contribution < -0.4 is 10.6 Å². The van der Waals surface area contributed by atoms with Crippen LogP contribution in [0.1, 0.15) is 15.9 Å². The van der Waals surface area contributed by atoms with Gasteiger partial charge < -0.3 is 15.4 Å². The highest BCUT2D eigenvalue weighted by Gasteiger charge is 2.10. The van der Waals surface area contributed by atoms with E-state index in [0.29, 0.717) is 28.0 Å². The number of methoxy groups -OCH3 is 1. The molecule has 0 aliphatic carbocycles. The molecule has 2 N–H and O–H groups in total. The maximum Gasteiger partial charge on any atom is 0.337 e. The minimum Gasteiger partial charge on any atom is -0.465 e. The molecule has 7 heteroatoms. The van der Waals surface area contributed by atoms with Crippen LogP contribution in [0.2, 0.25) is 5.02 Å². The zero-order valence-corrected chi connectivity index (χ0v) is 15.0. The number of halogens is 1. The highest BCUT2D eigenvalue weighted by molar-refractivity contribution is 6.33.